The van der Waals surface area contributed by atoms with E-state index in [2.05, 4.69) is 0 Å². The minimum absolute atomic E-state index is 0.0272. The molecule has 0 unspecified atom stereocenters. The van der Waals surface area contributed by atoms with E-state index in [0.29, 0.717) is 0 Å². The summed E-state index contributed by atoms with van der Waals surface area (Å²) in [7, 11) is 4.08. The van der Waals surface area contributed by atoms with Crippen LogP contribution >= 0.6 is 0 Å². The van der Waals surface area contributed by atoms with Gasteiger partial charge in [-0.3, -0.25) is 4.79 Å². The third kappa shape index (κ3) is 2.09. The van der Waals surface area contributed by atoms with E-state index < -0.39 is 5.43 Å². The average Bonchev–Trinajstić information content (AvgIpc) is 2.53. The van der Waals surface area contributed by atoms with Gasteiger partial charge in [0.1, 0.15) is 22.5 Å². The lowest BCUT2D eigenvalue weighted by molar-refractivity contribution is 0.339. The molecule has 120 valence electrons. The van der Waals surface area contributed by atoms with Crippen LogP contribution in [0.15, 0.2) is 27.4 Å². The van der Waals surface area contributed by atoms with E-state index in [1.165, 1.54) is 39.5 Å². The third-order valence-electron chi connectivity index (χ3n) is 3.55. The van der Waals surface area contributed by atoms with Gasteiger partial charge in [-0.15, -0.1) is 0 Å². The maximum absolute atomic E-state index is 12.8. The molecular weight excluding hydrogens is 304 g/mol. The highest BCUT2D eigenvalue weighted by atomic mass is 16.5. The summed E-state index contributed by atoms with van der Waals surface area (Å²) in [5.74, 6) is -0.160. The van der Waals surface area contributed by atoms with Crippen LogP contribution in [-0.4, -0.2) is 31.5 Å². The number of aromatic hydroxyl groups is 2. The number of phenolic OH excluding ortho intramolecular Hbond substituents is 2. The normalized spacial score (nSPS) is 10.9. The molecule has 0 radical (unpaired) electrons. The second-order valence-corrected chi connectivity index (χ2v) is 4.79. The molecule has 3 rings (SSSR count). The number of phenols is 2. The van der Waals surface area contributed by atoms with Gasteiger partial charge in [0, 0.05) is 12.1 Å². The highest BCUT2D eigenvalue weighted by molar-refractivity contribution is 5.97. The molecule has 0 aliphatic carbocycles. The molecule has 7 heteroatoms. The smallest absolute Gasteiger partial charge is 0.208 e. The van der Waals surface area contributed by atoms with E-state index in [1.807, 2.05) is 0 Å². The van der Waals surface area contributed by atoms with Crippen molar-refractivity contribution >= 4 is 21.9 Å². The first-order valence-electron chi connectivity index (χ1n) is 6.63. The fourth-order valence-corrected chi connectivity index (χ4v) is 2.51. The lowest BCUT2D eigenvalue weighted by Crippen LogP contribution is -2.05. The lowest BCUT2D eigenvalue weighted by atomic mass is 10.1. The molecule has 0 spiro atoms. The molecule has 0 amide bonds. The summed E-state index contributed by atoms with van der Waals surface area (Å²) < 4.78 is 21.0. The predicted molar refractivity (Wildman–Crippen MR) is 83.0 cm³/mol. The van der Waals surface area contributed by atoms with Crippen molar-refractivity contribution in [1.82, 2.24) is 0 Å². The standard InChI is InChI=1S/C16H14O7/c1-20-9-4-7(17)5-10-12(9)13(18)8-6-11(21-2)14(19)16(22-3)15(8)23-10/h4-6,17,19H,1-3H3. The highest BCUT2D eigenvalue weighted by Crippen LogP contribution is 2.43. The van der Waals surface area contributed by atoms with Crippen LogP contribution in [0.2, 0.25) is 0 Å². The number of hydrogen-bond acceptors (Lipinski definition) is 7. The Hall–Kier alpha value is -3.09. The van der Waals surface area contributed by atoms with Crippen molar-refractivity contribution in [3.05, 3.63) is 28.4 Å². The molecule has 23 heavy (non-hydrogen) atoms. The van der Waals surface area contributed by atoms with Gasteiger partial charge < -0.3 is 28.8 Å². The summed E-state index contributed by atoms with van der Waals surface area (Å²) in [5, 5.41) is 20.2. The zero-order valence-corrected chi connectivity index (χ0v) is 12.7. The van der Waals surface area contributed by atoms with Crippen LogP contribution in [0.3, 0.4) is 0 Å². The topological polar surface area (TPSA) is 98.4 Å². The Bertz CT molecular complexity index is 972. The Balaban J connectivity index is 2.59. The van der Waals surface area contributed by atoms with Crippen LogP contribution in [-0.2, 0) is 0 Å². The van der Waals surface area contributed by atoms with E-state index in [4.69, 9.17) is 18.6 Å². The van der Waals surface area contributed by atoms with Crippen LogP contribution in [0.1, 0.15) is 0 Å². The number of hydrogen-bond donors (Lipinski definition) is 2. The minimum atomic E-state index is -0.394. The Kier molecular flexibility index (Phi) is 3.40. The van der Waals surface area contributed by atoms with Gasteiger partial charge in [-0.1, -0.05) is 0 Å². The molecule has 2 N–H and O–H groups in total. The molecular formula is C16H14O7. The number of benzene rings is 2. The molecule has 0 aliphatic heterocycles. The Labute approximate surface area is 130 Å². The largest absolute Gasteiger partial charge is 0.508 e. The van der Waals surface area contributed by atoms with Crippen LogP contribution < -0.4 is 19.6 Å². The molecule has 0 aliphatic rings. The van der Waals surface area contributed by atoms with Crippen molar-refractivity contribution in [2.45, 2.75) is 0 Å². The summed E-state index contributed by atoms with van der Waals surface area (Å²) in [4.78, 5) is 12.8. The molecule has 0 atom stereocenters. The molecule has 0 fully saturated rings. The Morgan fingerprint density at radius 2 is 1.65 bits per heavy atom. The van der Waals surface area contributed by atoms with E-state index in [9.17, 15) is 15.0 Å². The second kappa shape index (κ2) is 5.28. The quantitative estimate of drug-likeness (QED) is 0.715. The fourth-order valence-electron chi connectivity index (χ4n) is 2.51. The van der Waals surface area contributed by atoms with Crippen molar-refractivity contribution in [3.63, 3.8) is 0 Å². The van der Waals surface area contributed by atoms with Gasteiger partial charge in [-0.25, -0.2) is 0 Å². The van der Waals surface area contributed by atoms with Gasteiger partial charge in [-0.05, 0) is 6.07 Å². The van der Waals surface area contributed by atoms with E-state index in [-0.39, 0.29) is 50.7 Å². The Morgan fingerprint density at radius 1 is 0.957 bits per heavy atom. The zero-order valence-electron chi connectivity index (χ0n) is 12.7. The molecule has 2 aromatic carbocycles. The van der Waals surface area contributed by atoms with Crippen LogP contribution in [0.4, 0.5) is 0 Å². The minimum Gasteiger partial charge on any atom is -0.508 e. The summed E-state index contributed by atoms with van der Waals surface area (Å²) in [5.41, 5.74) is -0.229. The van der Waals surface area contributed by atoms with E-state index in [0.717, 1.165) is 0 Å². The Morgan fingerprint density at radius 3 is 2.26 bits per heavy atom. The summed E-state index contributed by atoms with van der Waals surface area (Å²) >= 11 is 0. The van der Waals surface area contributed by atoms with Crippen LogP contribution in [0.25, 0.3) is 21.9 Å². The van der Waals surface area contributed by atoms with Gasteiger partial charge in [0.25, 0.3) is 0 Å². The van der Waals surface area contributed by atoms with Crippen LogP contribution in [0.5, 0.6) is 28.7 Å². The maximum atomic E-state index is 12.8. The first kappa shape index (κ1) is 14.8. The highest BCUT2D eigenvalue weighted by Gasteiger charge is 2.21. The van der Waals surface area contributed by atoms with Crippen molar-refractivity contribution in [1.29, 1.82) is 0 Å². The molecule has 0 saturated carbocycles. The first-order chi connectivity index (χ1) is 11.0. The number of methoxy groups -OCH3 is 3. The summed E-state index contributed by atoms with van der Waals surface area (Å²) in [6.45, 7) is 0. The van der Waals surface area contributed by atoms with Crippen molar-refractivity contribution in [2.75, 3.05) is 21.3 Å². The SMILES string of the molecule is COc1cc2c(=O)c3c(OC)cc(O)cc3oc2c(OC)c1O. The van der Waals surface area contributed by atoms with Gasteiger partial charge in [0.05, 0.1) is 26.7 Å². The molecule has 1 heterocycles. The van der Waals surface area contributed by atoms with Crippen molar-refractivity contribution < 1.29 is 28.8 Å². The second-order valence-electron chi connectivity index (χ2n) is 4.79. The van der Waals surface area contributed by atoms with Gasteiger partial charge in [0.15, 0.2) is 11.3 Å². The van der Waals surface area contributed by atoms with Gasteiger partial charge in [-0.2, -0.15) is 0 Å². The molecule has 0 bridgehead atoms. The third-order valence-corrected chi connectivity index (χ3v) is 3.55. The average molecular weight is 318 g/mol. The predicted octanol–water partition coefficient (Wildman–Crippen LogP) is 2.38. The number of fused-ring (bicyclic) bond motifs is 2. The summed E-state index contributed by atoms with van der Waals surface area (Å²) in [6, 6.07) is 3.98. The zero-order chi connectivity index (χ0) is 16.7. The maximum Gasteiger partial charge on any atom is 0.208 e. The molecule has 0 saturated heterocycles. The van der Waals surface area contributed by atoms with E-state index in [1.54, 1.807) is 0 Å². The van der Waals surface area contributed by atoms with Crippen molar-refractivity contribution in [2.24, 2.45) is 0 Å². The molecule has 7 nitrogen and oxygen atoms in total. The monoisotopic (exact) mass is 318 g/mol. The number of ether oxygens (including phenoxy) is 3. The molecule has 1 aromatic heterocycles. The summed E-state index contributed by atoms with van der Waals surface area (Å²) in [6.07, 6.45) is 0. The number of rotatable bonds is 3. The van der Waals surface area contributed by atoms with Gasteiger partial charge in [0.2, 0.25) is 16.9 Å². The van der Waals surface area contributed by atoms with Crippen molar-refractivity contribution in [3.8, 4) is 28.7 Å². The molecule has 3 aromatic rings. The van der Waals surface area contributed by atoms with Crippen LogP contribution in [0, 0.1) is 0 Å². The first-order valence-corrected chi connectivity index (χ1v) is 6.63. The van der Waals surface area contributed by atoms with E-state index >= 15 is 0 Å². The van der Waals surface area contributed by atoms with Gasteiger partial charge >= 0.3 is 0 Å². The lowest BCUT2D eigenvalue weighted by Gasteiger charge is -2.12. The fraction of sp³-hybridized carbons (Fsp3) is 0.188.